The Balaban J connectivity index is 0.00000208. The van der Waals surface area contributed by atoms with Gasteiger partial charge in [0.05, 0.1) is 0 Å². The third-order valence-electron chi connectivity index (χ3n) is 4.44. The van der Waals surface area contributed by atoms with E-state index in [0.29, 0.717) is 23.2 Å². The quantitative estimate of drug-likeness (QED) is 0.670. The fourth-order valence-electron chi connectivity index (χ4n) is 2.75. The van der Waals surface area contributed by atoms with E-state index in [1.807, 2.05) is 0 Å². The van der Waals surface area contributed by atoms with Crippen LogP contribution in [0, 0.1) is 5.92 Å². The third kappa shape index (κ3) is 5.11. The van der Waals surface area contributed by atoms with Crippen LogP contribution in [0.4, 0.5) is 10.5 Å². The Kier molecular flexibility index (Phi) is 6.45. The van der Waals surface area contributed by atoms with Crippen molar-refractivity contribution in [3.8, 4) is 0 Å². The van der Waals surface area contributed by atoms with Crippen molar-refractivity contribution in [1.82, 2.24) is 16.0 Å². The first-order valence-electron chi connectivity index (χ1n) is 8.31. The topological polar surface area (TPSA) is 82.3 Å². The molecule has 1 aromatic carbocycles. The maximum atomic E-state index is 12.4. The average molecular weight is 353 g/mol. The predicted molar refractivity (Wildman–Crippen MR) is 96.8 cm³/mol. The number of piperidine rings is 1. The number of nitrogens with one attached hydrogen (secondary N) is 4. The number of carbonyl (C=O) groups excluding carboxylic acids is 2. The van der Waals surface area contributed by atoms with Gasteiger partial charge in [0.25, 0.3) is 5.91 Å². The first-order chi connectivity index (χ1) is 11.1. The highest BCUT2D eigenvalue weighted by Crippen LogP contribution is 2.19. The summed E-state index contributed by atoms with van der Waals surface area (Å²) in [6, 6.07) is 7.28. The molecule has 2 aliphatic rings. The molecule has 0 bridgehead atoms. The summed E-state index contributed by atoms with van der Waals surface area (Å²) in [6.07, 6.45) is 3.15. The SMILES string of the molecule is CC1CCNCC1NC(=O)c1cccc(NC(=O)NC2CC2)c1.Cl. The molecule has 132 valence electrons. The van der Waals surface area contributed by atoms with E-state index in [1.54, 1.807) is 24.3 Å². The molecule has 24 heavy (non-hydrogen) atoms. The van der Waals surface area contributed by atoms with Crippen molar-refractivity contribution in [1.29, 1.82) is 0 Å². The molecular weight excluding hydrogens is 328 g/mol. The normalized spacial score (nSPS) is 22.9. The molecule has 7 heteroatoms. The highest BCUT2D eigenvalue weighted by Gasteiger charge is 2.24. The Morgan fingerprint density at radius 3 is 2.67 bits per heavy atom. The minimum Gasteiger partial charge on any atom is -0.348 e. The molecule has 2 atom stereocenters. The van der Waals surface area contributed by atoms with Gasteiger partial charge in [0.1, 0.15) is 0 Å². The van der Waals surface area contributed by atoms with Gasteiger partial charge in [-0.3, -0.25) is 4.79 Å². The van der Waals surface area contributed by atoms with Crippen LogP contribution in [0.1, 0.15) is 36.5 Å². The highest BCUT2D eigenvalue weighted by atomic mass is 35.5. The predicted octanol–water partition coefficient (Wildman–Crippen LogP) is 2.12. The molecule has 0 radical (unpaired) electrons. The van der Waals surface area contributed by atoms with Crippen molar-refractivity contribution >= 4 is 30.0 Å². The molecular formula is C17H25ClN4O2. The van der Waals surface area contributed by atoms with Crippen LogP contribution in [0.3, 0.4) is 0 Å². The maximum Gasteiger partial charge on any atom is 0.319 e. The maximum absolute atomic E-state index is 12.4. The molecule has 1 saturated heterocycles. The lowest BCUT2D eigenvalue weighted by Crippen LogP contribution is -2.50. The molecule has 1 aliphatic heterocycles. The van der Waals surface area contributed by atoms with E-state index in [0.717, 1.165) is 32.4 Å². The number of halogens is 1. The number of amides is 3. The van der Waals surface area contributed by atoms with Crippen LogP contribution in [0.15, 0.2) is 24.3 Å². The number of urea groups is 1. The van der Waals surface area contributed by atoms with Gasteiger partial charge in [-0.2, -0.15) is 0 Å². The number of anilines is 1. The van der Waals surface area contributed by atoms with Crippen molar-refractivity contribution in [2.45, 2.75) is 38.3 Å². The molecule has 1 aromatic rings. The summed E-state index contributed by atoms with van der Waals surface area (Å²) in [7, 11) is 0. The second-order valence-corrected chi connectivity index (χ2v) is 6.50. The second kappa shape index (κ2) is 8.35. The summed E-state index contributed by atoms with van der Waals surface area (Å²) in [5.41, 5.74) is 1.19. The number of rotatable bonds is 4. The standard InChI is InChI=1S/C17H24N4O2.ClH/c1-11-7-8-18-10-15(11)21-16(22)12-3-2-4-14(9-12)20-17(23)19-13-5-6-13;/h2-4,9,11,13,15,18H,5-8,10H2,1H3,(H,21,22)(H2,19,20,23);1H. The highest BCUT2D eigenvalue weighted by molar-refractivity contribution is 5.97. The zero-order valence-corrected chi connectivity index (χ0v) is 14.6. The summed E-state index contributed by atoms with van der Waals surface area (Å²) >= 11 is 0. The molecule has 6 nitrogen and oxygen atoms in total. The monoisotopic (exact) mass is 352 g/mol. The number of benzene rings is 1. The zero-order chi connectivity index (χ0) is 16.2. The first kappa shape index (κ1) is 18.5. The Labute approximate surface area is 148 Å². The zero-order valence-electron chi connectivity index (χ0n) is 13.8. The molecule has 0 spiro atoms. The van der Waals surface area contributed by atoms with E-state index in [9.17, 15) is 9.59 Å². The van der Waals surface area contributed by atoms with Crippen molar-refractivity contribution in [2.75, 3.05) is 18.4 Å². The Morgan fingerprint density at radius 2 is 1.96 bits per heavy atom. The van der Waals surface area contributed by atoms with Crippen molar-refractivity contribution in [3.05, 3.63) is 29.8 Å². The van der Waals surface area contributed by atoms with E-state index in [4.69, 9.17) is 0 Å². The Bertz CT molecular complexity index is 592. The third-order valence-corrected chi connectivity index (χ3v) is 4.44. The van der Waals surface area contributed by atoms with Crippen LogP contribution >= 0.6 is 12.4 Å². The molecule has 0 aromatic heterocycles. The summed E-state index contributed by atoms with van der Waals surface area (Å²) < 4.78 is 0. The molecule has 1 heterocycles. The fraction of sp³-hybridized carbons (Fsp3) is 0.529. The van der Waals surface area contributed by atoms with Gasteiger partial charge in [0, 0.05) is 29.9 Å². The van der Waals surface area contributed by atoms with Gasteiger partial charge >= 0.3 is 6.03 Å². The van der Waals surface area contributed by atoms with E-state index in [-0.39, 0.29) is 30.4 Å². The van der Waals surface area contributed by atoms with Crippen LogP contribution in [-0.2, 0) is 0 Å². The van der Waals surface area contributed by atoms with Crippen molar-refractivity contribution in [3.63, 3.8) is 0 Å². The van der Waals surface area contributed by atoms with Gasteiger partial charge in [0.15, 0.2) is 0 Å². The molecule has 1 aliphatic carbocycles. The lowest BCUT2D eigenvalue weighted by atomic mass is 9.94. The minimum atomic E-state index is -0.213. The van der Waals surface area contributed by atoms with Gasteiger partial charge in [-0.1, -0.05) is 13.0 Å². The number of hydrogen-bond donors (Lipinski definition) is 4. The van der Waals surface area contributed by atoms with Crippen LogP contribution in [0.25, 0.3) is 0 Å². The number of hydrogen-bond acceptors (Lipinski definition) is 3. The van der Waals surface area contributed by atoms with Gasteiger partial charge in [-0.05, 0) is 49.9 Å². The summed E-state index contributed by atoms with van der Waals surface area (Å²) in [5, 5.41) is 12.0. The van der Waals surface area contributed by atoms with Gasteiger partial charge in [-0.25, -0.2) is 4.79 Å². The molecule has 3 rings (SSSR count). The van der Waals surface area contributed by atoms with Gasteiger partial charge in [-0.15, -0.1) is 12.4 Å². The largest absolute Gasteiger partial charge is 0.348 e. The number of carbonyl (C=O) groups is 2. The van der Waals surface area contributed by atoms with Crippen LogP contribution < -0.4 is 21.3 Å². The van der Waals surface area contributed by atoms with Crippen molar-refractivity contribution < 1.29 is 9.59 Å². The van der Waals surface area contributed by atoms with Crippen LogP contribution in [0.2, 0.25) is 0 Å². The molecule has 4 N–H and O–H groups in total. The Hall–Kier alpha value is -1.79. The summed E-state index contributed by atoms with van der Waals surface area (Å²) in [4.78, 5) is 24.2. The summed E-state index contributed by atoms with van der Waals surface area (Å²) in [5.74, 6) is 0.364. The lowest BCUT2D eigenvalue weighted by Gasteiger charge is -2.30. The Morgan fingerprint density at radius 1 is 1.17 bits per heavy atom. The van der Waals surface area contributed by atoms with E-state index >= 15 is 0 Å². The minimum absolute atomic E-state index is 0. The van der Waals surface area contributed by atoms with Crippen molar-refractivity contribution in [2.24, 2.45) is 5.92 Å². The average Bonchev–Trinajstić information content (AvgIpc) is 3.33. The molecule has 3 amide bonds. The van der Waals surface area contributed by atoms with E-state index in [1.165, 1.54) is 0 Å². The fourth-order valence-corrected chi connectivity index (χ4v) is 2.75. The molecule has 2 unspecified atom stereocenters. The van der Waals surface area contributed by atoms with Gasteiger partial charge in [0.2, 0.25) is 0 Å². The van der Waals surface area contributed by atoms with Crippen LogP contribution in [-0.4, -0.2) is 37.1 Å². The van der Waals surface area contributed by atoms with Crippen LogP contribution in [0.5, 0.6) is 0 Å². The first-order valence-corrected chi connectivity index (χ1v) is 8.31. The lowest BCUT2D eigenvalue weighted by molar-refractivity contribution is 0.0915. The molecule has 1 saturated carbocycles. The smallest absolute Gasteiger partial charge is 0.319 e. The molecule has 2 fully saturated rings. The van der Waals surface area contributed by atoms with Gasteiger partial charge < -0.3 is 21.3 Å². The second-order valence-electron chi connectivity index (χ2n) is 6.50. The van der Waals surface area contributed by atoms with E-state index in [2.05, 4.69) is 28.2 Å². The van der Waals surface area contributed by atoms with E-state index < -0.39 is 0 Å². The summed E-state index contributed by atoms with van der Waals surface area (Å²) in [6.45, 7) is 3.96.